The highest BCUT2D eigenvalue weighted by Gasteiger charge is 2.16. The van der Waals surface area contributed by atoms with E-state index in [1.54, 1.807) is 0 Å². The van der Waals surface area contributed by atoms with E-state index < -0.39 is 0 Å². The van der Waals surface area contributed by atoms with Crippen LogP contribution in [-0.4, -0.2) is 29.0 Å². The second-order valence-corrected chi connectivity index (χ2v) is 6.14. The van der Waals surface area contributed by atoms with E-state index in [2.05, 4.69) is 44.0 Å². The van der Waals surface area contributed by atoms with Gasteiger partial charge in [0.15, 0.2) is 0 Å². The third kappa shape index (κ3) is 2.96. The minimum Gasteiger partial charge on any atom is -0.328 e. The zero-order chi connectivity index (χ0) is 13.2. The minimum absolute atomic E-state index is 0.396. The number of aromatic nitrogens is 1. The van der Waals surface area contributed by atoms with Gasteiger partial charge in [0.1, 0.15) is 0 Å². The highest BCUT2D eigenvalue weighted by atomic mass is 79.9. The first-order valence-corrected chi connectivity index (χ1v) is 7.52. The molecule has 0 aliphatic carbocycles. The molecule has 0 atom stereocenters. The summed E-state index contributed by atoms with van der Waals surface area (Å²) in [6.45, 7) is 3.23. The molecule has 2 heterocycles. The van der Waals surface area contributed by atoms with E-state index >= 15 is 0 Å². The van der Waals surface area contributed by atoms with Crippen molar-refractivity contribution in [3.8, 4) is 0 Å². The van der Waals surface area contributed by atoms with Crippen LogP contribution >= 0.6 is 15.9 Å². The van der Waals surface area contributed by atoms with Gasteiger partial charge in [-0.1, -0.05) is 12.1 Å². The topological polar surface area (TPSA) is 42.1 Å². The van der Waals surface area contributed by atoms with Crippen molar-refractivity contribution in [2.75, 3.05) is 13.1 Å². The van der Waals surface area contributed by atoms with Gasteiger partial charge in [-0.15, -0.1) is 0 Å². The van der Waals surface area contributed by atoms with Crippen LogP contribution in [0.2, 0.25) is 0 Å². The van der Waals surface area contributed by atoms with Crippen molar-refractivity contribution < 1.29 is 0 Å². The molecule has 4 heteroatoms. The van der Waals surface area contributed by atoms with Gasteiger partial charge in [0, 0.05) is 34.8 Å². The van der Waals surface area contributed by atoms with Crippen LogP contribution in [0.4, 0.5) is 0 Å². The van der Waals surface area contributed by atoms with Crippen LogP contribution in [0.1, 0.15) is 18.4 Å². The quantitative estimate of drug-likeness (QED) is 0.925. The number of piperidine rings is 1. The molecule has 0 unspecified atom stereocenters. The minimum atomic E-state index is 0.396. The van der Waals surface area contributed by atoms with Crippen LogP contribution in [0.25, 0.3) is 10.8 Å². The second-order valence-electron chi connectivity index (χ2n) is 5.29. The molecule has 0 spiro atoms. The summed E-state index contributed by atoms with van der Waals surface area (Å²) in [5, 5.41) is 2.42. The Balaban J connectivity index is 1.80. The third-order valence-corrected chi connectivity index (χ3v) is 4.45. The lowest BCUT2D eigenvalue weighted by atomic mass is 10.0. The highest BCUT2D eigenvalue weighted by molar-refractivity contribution is 9.10. The summed E-state index contributed by atoms with van der Waals surface area (Å²) in [7, 11) is 0. The molecular weight excluding hydrogens is 302 g/mol. The summed E-state index contributed by atoms with van der Waals surface area (Å²) >= 11 is 3.57. The molecule has 3 rings (SSSR count). The van der Waals surface area contributed by atoms with Gasteiger partial charge in [0.05, 0.1) is 0 Å². The first-order chi connectivity index (χ1) is 9.22. The third-order valence-electron chi connectivity index (χ3n) is 3.81. The van der Waals surface area contributed by atoms with E-state index in [0.29, 0.717) is 6.04 Å². The Morgan fingerprint density at radius 2 is 2.05 bits per heavy atom. The average Bonchev–Trinajstić information content (AvgIpc) is 2.42. The molecule has 2 N–H and O–H groups in total. The number of nitrogens with zero attached hydrogens (tertiary/aromatic N) is 2. The molecule has 100 valence electrons. The van der Waals surface area contributed by atoms with Crippen molar-refractivity contribution in [2.24, 2.45) is 5.73 Å². The first-order valence-electron chi connectivity index (χ1n) is 6.72. The lowest BCUT2D eigenvalue weighted by Gasteiger charge is -2.30. The fourth-order valence-corrected chi connectivity index (χ4v) is 3.10. The van der Waals surface area contributed by atoms with Gasteiger partial charge in [-0.25, -0.2) is 0 Å². The molecule has 1 aromatic carbocycles. The molecule has 1 aliphatic rings. The lowest BCUT2D eigenvalue weighted by Crippen LogP contribution is -2.39. The van der Waals surface area contributed by atoms with Crippen molar-refractivity contribution in [1.29, 1.82) is 0 Å². The molecule has 0 bridgehead atoms. The summed E-state index contributed by atoms with van der Waals surface area (Å²) in [5.74, 6) is 0. The Hall–Kier alpha value is -0.970. The van der Waals surface area contributed by atoms with Crippen LogP contribution < -0.4 is 5.73 Å². The molecule has 1 aromatic heterocycles. The van der Waals surface area contributed by atoms with Gasteiger partial charge in [0.2, 0.25) is 0 Å². The zero-order valence-electron chi connectivity index (χ0n) is 10.8. The van der Waals surface area contributed by atoms with Gasteiger partial charge >= 0.3 is 0 Å². The molecule has 3 nitrogen and oxygen atoms in total. The Bertz CT molecular complexity index is 577. The standard InChI is InChI=1S/C15H18BrN3/c16-15-9-18-8-12-2-1-11(7-14(12)15)10-19-5-3-13(17)4-6-19/h1-2,7-9,13H,3-6,10,17H2. The summed E-state index contributed by atoms with van der Waals surface area (Å²) in [6, 6.07) is 7.01. The number of fused-ring (bicyclic) bond motifs is 1. The Labute approximate surface area is 121 Å². The maximum atomic E-state index is 5.94. The molecule has 19 heavy (non-hydrogen) atoms. The lowest BCUT2D eigenvalue weighted by molar-refractivity contribution is 0.206. The van der Waals surface area contributed by atoms with Gasteiger partial charge in [0.25, 0.3) is 0 Å². The Kier molecular flexibility index (Phi) is 3.82. The Morgan fingerprint density at radius 3 is 2.84 bits per heavy atom. The fraction of sp³-hybridized carbons (Fsp3) is 0.400. The maximum Gasteiger partial charge on any atom is 0.0437 e. The van der Waals surface area contributed by atoms with Gasteiger partial charge in [-0.2, -0.15) is 0 Å². The monoisotopic (exact) mass is 319 g/mol. The number of hydrogen-bond acceptors (Lipinski definition) is 3. The number of halogens is 1. The molecule has 1 fully saturated rings. The molecule has 1 saturated heterocycles. The summed E-state index contributed by atoms with van der Waals surface area (Å²) < 4.78 is 1.06. The molecule has 0 amide bonds. The van der Waals surface area contributed by atoms with Crippen LogP contribution in [-0.2, 0) is 6.54 Å². The largest absolute Gasteiger partial charge is 0.328 e. The number of benzene rings is 1. The smallest absolute Gasteiger partial charge is 0.0437 e. The predicted molar refractivity (Wildman–Crippen MR) is 81.9 cm³/mol. The van der Waals surface area contributed by atoms with Gasteiger partial charge in [-0.3, -0.25) is 9.88 Å². The van der Waals surface area contributed by atoms with Crippen LogP contribution in [0.3, 0.4) is 0 Å². The molecule has 2 aromatic rings. The van der Waals surface area contributed by atoms with E-state index in [-0.39, 0.29) is 0 Å². The SMILES string of the molecule is NC1CCN(Cc2ccc3cncc(Br)c3c2)CC1. The number of nitrogens with two attached hydrogens (primary N) is 1. The Morgan fingerprint density at radius 1 is 1.26 bits per heavy atom. The molecule has 0 saturated carbocycles. The number of rotatable bonds is 2. The number of hydrogen-bond donors (Lipinski definition) is 1. The van der Waals surface area contributed by atoms with E-state index in [0.717, 1.165) is 36.9 Å². The average molecular weight is 320 g/mol. The van der Waals surface area contributed by atoms with E-state index in [1.165, 1.54) is 16.3 Å². The first kappa shape index (κ1) is 13.0. The zero-order valence-corrected chi connectivity index (χ0v) is 12.4. The fourth-order valence-electron chi connectivity index (χ4n) is 2.64. The molecule has 0 radical (unpaired) electrons. The van der Waals surface area contributed by atoms with E-state index in [9.17, 15) is 0 Å². The number of pyridine rings is 1. The molecular formula is C15H18BrN3. The van der Waals surface area contributed by atoms with Crippen molar-refractivity contribution in [1.82, 2.24) is 9.88 Å². The van der Waals surface area contributed by atoms with Crippen LogP contribution in [0.5, 0.6) is 0 Å². The van der Waals surface area contributed by atoms with Crippen LogP contribution in [0, 0.1) is 0 Å². The van der Waals surface area contributed by atoms with Gasteiger partial charge in [-0.05, 0) is 58.9 Å². The summed E-state index contributed by atoms with van der Waals surface area (Å²) in [4.78, 5) is 6.68. The highest BCUT2D eigenvalue weighted by Crippen LogP contribution is 2.24. The van der Waals surface area contributed by atoms with Crippen molar-refractivity contribution in [3.63, 3.8) is 0 Å². The molecule has 1 aliphatic heterocycles. The summed E-state index contributed by atoms with van der Waals surface area (Å²) in [5.41, 5.74) is 7.30. The van der Waals surface area contributed by atoms with Gasteiger partial charge < -0.3 is 5.73 Å². The van der Waals surface area contributed by atoms with E-state index in [1.807, 2.05) is 12.4 Å². The maximum absolute atomic E-state index is 5.94. The van der Waals surface area contributed by atoms with Crippen molar-refractivity contribution in [3.05, 3.63) is 40.6 Å². The summed E-state index contributed by atoms with van der Waals surface area (Å²) in [6.07, 6.45) is 5.98. The predicted octanol–water partition coefficient (Wildman–Crippen LogP) is 2.92. The van der Waals surface area contributed by atoms with Crippen molar-refractivity contribution in [2.45, 2.75) is 25.4 Å². The number of likely N-dealkylation sites (tertiary alicyclic amines) is 1. The second kappa shape index (κ2) is 5.57. The normalized spacial score (nSPS) is 18.0. The van der Waals surface area contributed by atoms with Crippen LogP contribution in [0.15, 0.2) is 35.1 Å². The van der Waals surface area contributed by atoms with E-state index in [4.69, 9.17) is 5.73 Å². The van der Waals surface area contributed by atoms with Crippen molar-refractivity contribution >= 4 is 26.7 Å².